The highest BCUT2D eigenvalue weighted by Crippen LogP contribution is 2.40. The third-order valence-corrected chi connectivity index (χ3v) is 5.74. The first-order valence-electron chi connectivity index (χ1n) is 9.44. The molecule has 0 N–H and O–H groups in total. The van der Waals surface area contributed by atoms with Gasteiger partial charge in [-0.3, -0.25) is 4.79 Å². The van der Waals surface area contributed by atoms with Crippen molar-refractivity contribution in [2.24, 2.45) is 11.8 Å². The number of carbonyl (C=O) groups excluding carboxylic acids is 1. The molecular formula is C21H27ClF3NO. The molecule has 27 heavy (non-hydrogen) atoms. The normalized spacial score (nSPS) is 23.2. The maximum atomic E-state index is 13.2. The van der Waals surface area contributed by atoms with E-state index in [1.54, 1.807) is 23.1 Å². The standard InChI is InChI=1S/C21H27ClF3NO/c1-4-6-16-9-12-19(15-7-10-17(22)11-8-15)26(20(16)27)18(5-2)13-14(3)21(23,24)25/h4,7-8,10-11,14,16,18-19H,1,5-6,9,12-13H2,2-3H3. The van der Waals surface area contributed by atoms with Crippen LogP contribution in [-0.4, -0.2) is 23.0 Å². The average molecular weight is 402 g/mol. The maximum Gasteiger partial charge on any atom is 0.391 e. The van der Waals surface area contributed by atoms with E-state index < -0.39 is 18.1 Å². The summed E-state index contributed by atoms with van der Waals surface area (Å²) in [4.78, 5) is 14.9. The van der Waals surface area contributed by atoms with Crippen molar-refractivity contribution in [2.45, 2.75) is 64.2 Å². The summed E-state index contributed by atoms with van der Waals surface area (Å²) in [6, 6.07) is 6.56. The first-order valence-corrected chi connectivity index (χ1v) is 9.82. The first-order chi connectivity index (χ1) is 12.7. The second-order valence-corrected chi connectivity index (χ2v) is 7.79. The quantitative estimate of drug-likeness (QED) is 0.473. The number of nitrogens with zero attached hydrogens (tertiary/aromatic N) is 1. The van der Waals surface area contributed by atoms with Gasteiger partial charge in [0.15, 0.2) is 0 Å². The van der Waals surface area contributed by atoms with Crippen molar-refractivity contribution in [1.29, 1.82) is 0 Å². The van der Waals surface area contributed by atoms with Crippen LogP contribution in [0.1, 0.15) is 57.6 Å². The number of alkyl halides is 3. The summed E-state index contributed by atoms with van der Waals surface area (Å²) in [6.07, 6.45) is -0.171. The molecule has 6 heteroatoms. The van der Waals surface area contributed by atoms with Crippen LogP contribution < -0.4 is 0 Å². The van der Waals surface area contributed by atoms with Crippen LogP contribution in [-0.2, 0) is 4.79 Å². The van der Waals surface area contributed by atoms with Gasteiger partial charge in [0.2, 0.25) is 5.91 Å². The lowest BCUT2D eigenvalue weighted by atomic mass is 9.83. The molecule has 2 nitrogen and oxygen atoms in total. The van der Waals surface area contributed by atoms with Crippen LogP contribution in [0.15, 0.2) is 36.9 Å². The molecule has 0 radical (unpaired) electrons. The Morgan fingerprint density at radius 3 is 2.44 bits per heavy atom. The molecule has 0 saturated carbocycles. The number of amides is 1. The summed E-state index contributed by atoms with van der Waals surface area (Å²) < 4.78 is 39.4. The number of likely N-dealkylation sites (tertiary alicyclic amines) is 1. The molecule has 2 rings (SSSR count). The van der Waals surface area contributed by atoms with E-state index in [-0.39, 0.29) is 24.3 Å². The molecular weight excluding hydrogens is 375 g/mol. The minimum absolute atomic E-state index is 0.0673. The number of carbonyl (C=O) groups is 1. The molecule has 1 aromatic carbocycles. The molecule has 4 unspecified atom stereocenters. The molecule has 0 aromatic heterocycles. The minimum Gasteiger partial charge on any atom is -0.332 e. The SMILES string of the molecule is C=CCC1CCC(c2ccc(Cl)cc2)N(C(CC)CC(C)C(F)(F)F)C1=O. The Kier molecular flexibility index (Phi) is 7.38. The highest BCUT2D eigenvalue weighted by atomic mass is 35.5. The van der Waals surface area contributed by atoms with Crippen LogP contribution in [0.4, 0.5) is 13.2 Å². The Labute approximate surface area is 164 Å². The smallest absolute Gasteiger partial charge is 0.332 e. The van der Waals surface area contributed by atoms with Crippen molar-refractivity contribution in [3.63, 3.8) is 0 Å². The second kappa shape index (κ2) is 9.13. The molecule has 1 aliphatic rings. The van der Waals surface area contributed by atoms with Gasteiger partial charge in [0.1, 0.15) is 0 Å². The number of rotatable bonds is 7. The van der Waals surface area contributed by atoms with Gasteiger partial charge >= 0.3 is 6.18 Å². The largest absolute Gasteiger partial charge is 0.391 e. The topological polar surface area (TPSA) is 20.3 Å². The highest BCUT2D eigenvalue weighted by Gasteiger charge is 2.43. The molecule has 1 heterocycles. The van der Waals surface area contributed by atoms with Crippen molar-refractivity contribution < 1.29 is 18.0 Å². The molecule has 0 spiro atoms. The van der Waals surface area contributed by atoms with Gasteiger partial charge in [0.05, 0.1) is 12.0 Å². The Morgan fingerprint density at radius 2 is 1.93 bits per heavy atom. The van der Waals surface area contributed by atoms with Crippen molar-refractivity contribution in [1.82, 2.24) is 4.90 Å². The lowest BCUT2D eigenvalue weighted by molar-refractivity contribution is -0.178. The fourth-order valence-corrected chi connectivity index (χ4v) is 4.00. The number of benzene rings is 1. The summed E-state index contributed by atoms with van der Waals surface area (Å²) in [5, 5.41) is 0.592. The van der Waals surface area contributed by atoms with Crippen LogP contribution in [0, 0.1) is 11.8 Å². The molecule has 4 atom stereocenters. The van der Waals surface area contributed by atoms with Crippen molar-refractivity contribution in [3.05, 3.63) is 47.5 Å². The van der Waals surface area contributed by atoms with Gasteiger partial charge in [-0.2, -0.15) is 13.2 Å². The number of halogens is 4. The summed E-state index contributed by atoms with van der Waals surface area (Å²) in [6.45, 7) is 6.75. The third kappa shape index (κ3) is 5.28. The van der Waals surface area contributed by atoms with Gasteiger partial charge in [0.25, 0.3) is 0 Å². The van der Waals surface area contributed by atoms with Gasteiger partial charge in [0, 0.05) is 17.0 Å². The van der Waals surface area contributed by atoms with E-state index in [9.17, 15) is 18.0 Å². The van der Waals surface area contributed by atoms with E-state index in [1.165, 1.54) is 6.92 Å². The van der Waals surface area contributed by atoms with E-state index in [4.69, 9.17) is 11.6 Å². The molecule has 1 aliphatic heterocycles. The van der Waals surface area contributed by atoms with Crippen LogP contribution in [0.25, 0.3) is 0 Å². The van der Waals surface area contributed by atoms with E-state index >= 15 is 0 Å². The zero-order valence-electron chi connectivity index (χ0n) is 15.8. The summed E-state index contributed by atoms with van der Waals surface area (Å²) in [5.41, 5.74) is 0.919. The van der Waals surface area contributed by atoms with Crippen LogP contribution in [0.5, 0.6) is 0 Å². The molecule has 1 fully saturated rings. The molecule has 1 aromatic rings. The van der Waals surface area contributed by atoms with E-state index in [0.717, 1.165) is 12.0 Å². The fourth-order valence-electron chi connectivity index (χ4n) is 3.87. The Bertz CT molecular complexity index is 644. The van der Waals surface area contributed by atoms with Crippen LogP contribution in [0.2, 0.25) is 5.02 Å². The number of piperidine rings is 1. The Balaban J connectivity index is 2.35. The van der Waals surface area contributed by atoms with Crippen molar-refractivity contribution in [2.75, 3.05) is 0 Å². The number of allylic oxidation sites excluding steroid dienone is 1. The zero-order valence-corrected chi connectivity index (χ0v) is 16.6. The minimum atomic E-state index is -4.26. The summed E-state index contributed by atoms with van der Waals surface area (Å²) >= 11 is 5.97. The fraction of sp³-hybridized carbons (Fsp3) is 0.571. The van der Waals surface area contributed by atoms with Gasteiger partial charge < -0.3 is 4.90 Å². The van der Waals surface area contributed by atoms with Gasteiger partial charge in [-0.25, -0.2) is 0 Å². The predicted molar refractivity (Wildman–Crippen MR) is 102 cm³/mol. The van der Waals surface area contributed by atoms with E-state index in [2.05, 4.69) is 6.58 Å². The molecule has 1 amide bonds. The monoisotopic (exact) mass is 401 g/mol. The third-order valence-electron chi connectivity index (χ3n) is 5.48. The molecule has 1 saturated heterocycles. The summed E-state index contributed by atoms with van der Waals surface area (Å²) in [5.74, 6) is -1.73. The van der Waals surface area contributed by atoms with Crippen molar-refractivity contribution in [3.8, 4) is 0 Å². The number of hydrogen-bond acceptors (Lipinski definition) is 1. The predicted octanol–water partition coefficient (Wildman–Crippen LogP) is 6.56. The first kappa shape index (κ1) is 21.8. The summed E-state index contributed by atoms with van der Waals surface area (Å²) in [7, 11) is 0. The van der Waals surface area contributed by atoms with Gasteiger partial charge in [-0.1, -0.05) is 43.7 Å². The lowest BCUT2D eigenvalue weighted by Crippen LogP contribution is -2.49. The van der Waals surface area contributed by atoms with E-state index in [0.29, 0.717) is 24.3 Å². The van der Waals surface area contributed by atoms with E-state index in [1.807, 2.05) is 19.1 Å². The maximum absolute atomic E-state index is 13.2. The van der Waals surface area contributed by atoms with Gasteiger partial charge in [-0.05, 0) is 49.8 Å². The Hall–Kier alpha value is -1.49. The number of hydrogen-bond donors (Lipinski definition) is 0. The molecule has 0 bridgehead atoms. The van der Waals surface area contributed by atoms with Crippen molar-refractivity contribution >= 4 is 17.5 Å². The molecule has 150 valence electrons. The highest BCUT2D eigenvalue weighted by molar-refractivity contribution is 6.30. The van der Waals surface area contributed by atoms with Crippen LogP contribution in [0.3, 0.4) is 0 Å². The lowest BCUT2D eigenvalue weighted by Gasteiger charge is -2.45. The van der Waals surface area contributed by atoms with Crippen LogP contribution >= 0.6 is 11.6 Å². The van der Waals surface area contributed by atoms with Gasteiger partial charge in [-0.15, -0.1) is 6.58 Å². The zero-order chi connectivity index (χ0) is 20.2. The molecule has 0 aliphatic carbocycles. The Morgan fingerprint density at radius 1 is 1.30 bits per heavy atom. The average Bonchev–Trinajstić information content (AvgIpc) is 2.61. The second-order valence-electron chi connectivity index (χ2n) is 7.35.